The van der Waals surface area contributed by atoms with E-state index in [1.54, 1.807) is 0 Å². The van der Waals surface area contributed by atoms with Crippen molar-refractivity contribution in [3.8, 4) is 0 Å². The van der Waals surface area contributed by atoms with E-state index >= 15 is 0 Å². The molecule has 0 aliphatic rings. The van der Waals surface area contributed by atoms with Gasteiger partial charge in [-0.3, -0.25) is 0 Å². The van der Waals surface area contributed by atoms with E-state index in [1.807, 2.05) is 69.4 Å². The Bertz CT molecular complexity index is 1190. The van der Waals surface area contributed by atoms with Crippen LogP contribution in [0.3, 0.4) is 0 Å². The summed E-state index contributed by atoms with van der Waals surface area (Å²) in [6.07, 6.45) is 1.58. The maximum Gasteiger partial charge on any atom is 0.323 e. The minimum atomic E-state index is -0.241. The van der Waals surface area contributed by atoms with Crippen LogP contribution in [-0.2, 0) is 19.9 Å². The van der Waals surface area contributed by atoms with E-state index in [0.717, 1.165) is 57.8 Å². The first-order chi connectivity index (χ1) is 14.5. The summed E-state index contributed by atoms with van der Waals surface area (Å²) in [5, 5.41) is 5.93. The van der Waals surface area contributed by atoms with Crippen LogP contribution in [0.2, 0.25) is 0 Å². The number of anilines is 2. The molecule has 0 bridgehead atoms. The van der Waals surface area contributed by atoms with Crippen LogP contribution in [0.4, 0.5) is 16.2 Å². The molecule has 3 aromatic carbocycles. The summed E-state index contributed by atoms with van der Waals surface area (Å²) in [5.74, 6) is 1.03. The third kappa shape index (κ3) is 4.35. The average Bonchev–Trinajstić information content (AvgIpc) is 3.02. The van der Waals surface area contributed by atoms with Crippen LogP contribution in [0.1, 0.15) is 22.5 Å². The minimum Gasteiger partial charge on any atom is -0.331 e. The van der Waals surface area contributed by atoms with Crippen molar-refractivity contribution in [3.63, 3.8) is 0 Å². The number of carbonyl (C=O) groups excluding carboxylic acids is 1. The highest BCUT2D eigenvalue weighted by Gasteiger charge is 2.11. The lowest BCUT2D eigenvalue weighted by Gasteiger charge is -2.13. The number of hydrogen-bond donors (Lipinski definition) is 2. The van der Waals surface area contributed by atoms with Crippen molar-refractivity contribution < 1.29 is 4.79 Å². The van der Waals surface area contributed by atoms with E-state index in [1.165, 1.54) is 0 Å². The van der Waals surface area contributed by atoms with E-state index < -0.39 is 0 Å². The summed E-state index contributed by atoms with van der Waals surface area (Å²) < 4.78 is 2.14. The lowest BCUT2D eigenvalue weighted by molar-refractivity contribution is 0.262. The number of amides is 2. The molecule has 5 heteroatoms. The average molecular weight is 399 g/mol. The monoisotopic (exact) mass is 398 g/mol. The van der Waals surface area contributed by atoms with Gasteiger partial charge in [0.15, 0.2) is 0 Å². The highest BCUT2D eigenvalue weighted by atomic mass is 16.2. The number of hydrogen-bond acceptors (Lipinski definition) is 2. The zero-order valence-electron chi connectivity index (χ0n) is 17.6. The second kappa shape index (κ2) is 8.41. The van der Waals surface area contributed by atoms with Gasteiger partial charge < -0.3 is 15.2 Å². The van der Waals surface area contributed by atoms with Crippen LogP contribution in [0.5, 0.6) is 0 Å². The highest BCUT2D eigenvalue weighted by Crippen LogP contribution is 2.21. The third-order valence-corrected chi connectivity index (χ3v) is 5.24. The van der Waals surface area contributed by atoms with Crippen LogP contribution >= 0.6 is 0 Å². The SMILES string of the molecule is Cc1cc(C)cc(NC(=O)Nc2ccccc2CCc2nc3ccccc3n2C)c1. The second-order valence-electron chi connectivity index (χ2n) is 7.69. The number of rotatable bonds is 5. The number of para-hydroxylation sites is 3. The fourth-order valence-electron chi connectivity index (χ4n) is 3.86. The number of fused-ring (bicyclic) bond motifs is 1. The Hall–Kier alpha value is -3.60. The summed E-state index contributed by atoms with van der Waals surface area (Å²) in [6, 6.07) is 21.8. The molecule has 0 unspecified atom stereocenters. The molecule has 0 saturated heterocycles. The Morgan fingerprint density at radius 2 is 1.60 bits per heavy atom. The zero-order chi connectivity index (χ0) is 21.1. The van der Waals surface area contributed by atoms with Gasteiger partial charge in [0, 0.05) is 24.8 Å². The van der Waals surface area contributed by atoms with Crippen molar-refractivity contribution in [3.05, 3.63) is 89.2 Å². The first kappa shape index (κ1) is 19.7. The summed E-state index contributed by atoms with van der Waals surface area (Å²) in [4.78, 5) is 17.3. The lowest BCUT2D eigenvalue weighted by Crippen LogP contribution is -2.20. The number of aromatic nitrogens is 2. The molecule has 0 saturated carbocycles. The number of nitrogens with zero attached hydrogens (tertiary/aromatic N) is 2. The molecule has 30 heavy (non-hydrogen) atoms. The Morgan fingerprint density at radius 3 is 2.37 bits per heavy atom. The van der Waals surface area contributed by atoms with Crippen molar-refractivity contribution in [2.75, 3.05) is 10.6 Å². The van der Waals surface area contributed by atoms with Crippen LogP contribution in [-0.4, -0.2) is 15.6 Å². The zero-order valence-corrected chi connectivity index (χ0v) is 17.6. The van der Waals surface area contributed by atoms with Gasteiger partial charge in [0.25, 0.3) is 0 Å². The number of aryl methyl sites for hydroxylation is 5. The smallest absolute Gasteiger partial charge is 0.323 e. The molecule has 1 heterocycles. The Kier molecular flexibility index (Phi) is 5.53. The summed E-state index contributed by atoms with van der Waals surface area (Å²) in [7, 11) is 2.05. The molecule has 0 atom stereocenters. The predicted molar refractivity (Wildman–Crippen MR) is 123 cm³/mol. The number of urea groups is 1. The second-order valence-corrected chi connectivity index (χ2v) is 7.69. The molecule has 1 aromatic heterocycles. The molecule has 5 nitrogen and oxygen atoms in total. The summed E-state index contributed by atoms with van der Waals surface area (Å²) >= 11 is 0. The van der Waals surface area contributed by atoms with Gasteiger partial charge in [-0.25, -0.2) is 9.78 Å². The van der Waals surface area contributed by atoms with Gasteiger partial charge in [-0.1, -0.05) is 36.4 Å². The van der Waals surface area contributed by atoms with Gasteiger partial charge in [0.2, 0.25) is 0 Å². The molecule has 0 spiro atoms. The lowest BCUT2D eigenvalue weighted by atomic mass is 10.1. The first-order valence-corrected chi connectivity index (χ1v) is 10.1. The molecular formula is C25H26N4O. The molecule has 0 aliphatic heterocycles. The standard InChI is InChI=1S/C25H26N4O/c1-17-14-18(2)16-20(15-17)26-25(30)28-21-9-5-4-8-19(21)12-13-24-27-22-10-6-7-11-23(22)29(24)3/h4-11,14-16H,12-13H2,1-3H3,(H2,26,28,30). The van der Waals surface area contributed by atoms with Crippen molar-refractivity contribution in [2.24, 2.45) is 7.05 Å². The largest absolute Gasteiger partial charge is 0.331 e. The van der Waals surface area contributed by atoms with Gasteiger partial charge in [-0.05, 0) is 67.3 Å². The first-order valence-electron chi connectivity index (χ1n) is 10.1. The molecule has 152 valence electrons. The maximum absolute atomic E-state index is 12.6. The van der Waals surface area contributed by atoms with E-state index in [-0.39, 0.29) is 6.03 Å². The third-order valence-electron chi connectivity index (χ3n) is 5.24. The van der Waals surface area contributed by atoms with Crippen molar-refractivity contribution >= 4 is 28.4 Å². The Morgan fingerprint density at radius 1 is 0.900 bits per heavy atom. The molecule has 2 N–H and O–H groups in total. The van der Waals surface area contributed by atoms with Gasteiger partial charge >= 0.3 is 6.03 Å². The van der Waals surface area contributed by atoms with Crippen LogP contribution < -0.4 is 10.6 Å². The quantitative estimate of drug-likeness (QED) is 0.458. The van der Waals surface area contributed by atoms with Crippen LogP contribution in [0, 0.1) is 13.8 Å². The maximum atomic E-state index is 12.6. The number of nitrogens with one attached hydrogen (secondary N) is 2. The number of imidazole rings is 1. The van der Waals surface area contributed by atoms with Crippen LogP contribution in [0.15, 0.2) is 66.7 Å². The van der Waals surface area contributed by atoms with Gasteiger partial charge in [0.05, 0.1) is 11.0 Å². The Balaban J connectivity index is 1.46. The molecule has 4 aromatic rings. The summed E-state index contributed by atoms with van der Waals surface area (Å²) in [6.45, 7) is 4.04. The molecule has 0 aliphatic carbocycles. The molecule has 2 amide bonds. The topological polar surface area (TPSA) is 59.0 Å². The summed E-state index contributed by atoms with van der Waals surface area (Å²) in [5.41, 5.74) is 7.07. The molecule has 0 radical (unpaired) electrons. The molecule has 0 fully saturated rings. The number of benzene rings is 3. The fraction of sp³-hybridized carbons (Fsp3) is 0.200. The van der Waals surface area contributed by atoms with E-state index in [0.29, 0.717) is 0 Å². The van der Waals surface area contributed by atoms with Crippen molar-refractivity contribution in [1.29, 1.82) is 0 Å². The fourth-order valence-corrected chi connectivity index (χ4v) is 3.86. The minimum absolute atomic E-state index is 0.241. The number of carbonyl (C=O) groups is 1. The normalized spacial score (nSPS) is 10.9. The van der Waals surface area contributed by atoms with E-state index in [9.17, 15) is 4.79 Å². The van der Waals surface area contributed by atoms with Gasteiger partial charge in [0.1, 0.15) is 5.82 Å². The van der Waals surface area contributed by atoms with Crippen molar-refractivity contribution in [1.82, 2.24) is 9.55 Å². The molecular weight excluding hydrogens is 372 g/mol. The molecule has 4 rings (SSSR count). The van der Waals surface area contributed by atoms with Crippen molar-refractivity contribution in [2.45, 2.75) is 26.7 Å². The van der Waals surface area contributed by atoms with E-state index in [2.05, 4.69) is 33.4 Å². The van der Waals surface area contributed by atoms with Gasteiger partial charge in [-0.2, -0.15) is 0 Å². The van der Waals surface area contributed by atoms with Gasteiger partial charge in [-0.15, -0.1) is 0 Å². The Labute approximate surface area is 176 Å². The van der Waals surface area contributed by atoms with Crippen LogP contribution in [0.25, 0.3) is 11.0 Å². The highest BCUT2D eigenvalue weighted by molar-refractivity contribution is 6.00. The predicted octanol–water partition coefficient (Wildman–Crippen LogP) is 5.62. The van der Waals surface area contributed by atoms with E-state index in [4.69, 9.17) is 4.98 Å².